The van der Waals surface area contributed by atoms with E-state index in [9.17, 15) is 4.79 Å². The lowest BCUT2D eigenvalue weighted by Crippen LogP contribution is -2.37. The van der Waals surface area contributed by atoms with Gasteiger partial charge in [0.2, 0.25) is 0 Å². The van der Waals surface area contributed by atoms with Crippen molar-refractivity contribution in [3.05, 3.63) is 22.6 Å². The molecule has 0 radical (unpaired) electrons. The molecule has 1 aromatic heterocycles. The van der Waals surface area contributed by atoms with Crippen molar-refractivity contribution in [2.75, 3.05) is 20.2 Å². The van der Waals surface area contributed by atoms with Gasteiger partial charge >= 0.3 is 6.03 Å². The van der Waals surface area contributed by atoms with Gasteiger partial charge in [0.05, 0.1) is 6.54 Å². The minimum atomic E-state index is -0.126. The third kappa shape index (κ3) is 5.96. The number of hydrogen-bond donors (Lipinski definition) is 2. The highest BCUT2D eigenvalue weighted by Gasteiger charge is 2.16. The van der Waals surface area contributed by atoms with Gasteiger partial charge in [-0.2, -0.15) is 0 Å². The number of urea groups is 1. The van der Waals surface area contributed by atoms with Gasteiger partial charge in [-0.1, -0.05) is 13.8 Å². The van der Waals surface area contributed by atoms with Crippen molar-refractivity contribution < 1.29 is 14.3 Å². The number of amides is 2. The zero-order valence-corrected chi connectivity index (χ0v) is 13.9. The fourth-order valence-electron chi connectivity index (χ4n) is 1.72. The minimum absolute atomic E-state index is 0.0862. The first kappa shape index (κ1) is 17.0. The Kier molecular flexibility index (Phi) is 6.55. The third-order valence-electron chi connectivity index (χ3n) is 3.10. The molecule has 0 aliphatic carbocycles. The number of nitrogens with one attached hydrogen (secondary N) is 1. The number of carbonyl (C=O) groups excluding carboxylic acids is 1. The third-order valence-corrected chi connectivity index (χ3v) is 3.53. The van der Waals surface area contributed by atoms with Gasteiger partial charge in [0, 0.05) is 20.2 Å². The molecule has 5 nitrogen and oxygen atoms in total. The van der Waals surface area contributed by atoms with Crippen molar-refractivity contribution in [1.82, 2.24) is 10.2 Å². The Balaban J connectivity index is 2.25. The van der Waals surface area contributed by atoms with E-state index in [1.807, 2.05) is 19.9 Å². The average molecular weight is 347 g/mol. The standard InChI is InChI=1S/C14H23BrN2O3/c1-14(2,10-18)7-4-8-16-13(19)17(3)9-11-5-6-12(15)20-11/h5-6,18H,4,7-10H2,1-3H3,(H,16,19). The maximum absolute atomic E-state index is 11.9. The highest BCUT2D eigenvalue weighted by molar-refractivity contribution is 9.10. The lowest BCUT2D eigenvalue weighted by molar-refractivity contribution is 0.147. The molecule has 0 bridgehead atoms. The van der Waals surface area contributed by atoms with Crippen molar-refractivity contribution in [1.29, 1.82) is 0 Å². The number of aliphatic hydroxyl groups is 1. The molecular weight excluding hydrogens is 324 g/mol. The summed E-state index contributed by atoms with van der Waals surface area (Å²) < 4.78 is 6.02. The lowest BCUT2D eigenvalue weighted by atomic mass is 9.89. The van der Waals surface area contributed by atoms with Crippen molar-refractivity contribution in [2.24, 2.45) is 5.41 Å². The Labute approximate surface area is 128 Å². The molecule has 0 saturated heterocycles. The number of furan rings is 1. The average Bonchev–Trinajstić information content (AvgIpc) is 2.79. The Morgan fingerprint density at radius 3 is 2.75 bits per heavy atom. The Morgan fingerprint density at radius 2 is 2.20 bits per heavy atom. The normalized spacial score (nSPS) is 11.4. The summed E-state index contributed by atoms with van der Waals surface area (Å²) in [5.41, 5.74) is -0.0862. The van der Waals surface area contributed by atoms with Crippen LogP contribution in [0.3, 0.4) is 0 Å². The van der Waals surface area contributed by atoms with Crippen LogP contribution < -0.4 is 5.32 Å². The van der Waals surface area contributed by atoms with Crippen molar-refractivity contribution in [3.8, 4) is 0 Å². The molecule has 0 spiro atoms. The topological polar surface area (TPSA) is 65.7 Å². The van der Waals surface area contributed by atoms with Crippen LogP contribution >= 0.6 is 15.9 Å². The second kappa shape index (κ2) is 7.69. The van der Waals surface area contributed by atoms with Crippen molar-refractivity contribution in [3.63, 3.8) is 0 Å². The molecular formula is C14H23BrN2O3. The smallest absolute Gasteiger partial charge is 0.317 e. The zero-order chi connectivity index (χ0) is 15.2. The molecule has 0 saturated carbocycles. The number of nitrogens with zero attached hydrogens (tertiary/aromatic N) is 1. The summed E-state index contributed by atoms with van der Waals surface area (Å²) in [5.74, 6) is 0.732. The van der Waals surface area contributed by atoms with Gasteiger partial charge in [-0.15, -0.1) is 0 Å². The molecule has 114 valence electrons. The van der Waals surface area contributed by atoms with Crippen LogP contribution in [0.1, 0.15) is 32.4 Å². The van der Waals surface area contributed by atoms with Gasteiger partial charge in [-0.3, -0.25) is 0 Å². The maximum atomic E-state index is 11.9. The number of halogens is 1. The van der Waals surface area contributed by atoms with Crippen LogP contribution in [0.4, 0.5) is 4.79 Å². The summed E-state index contributed by atoms with van der Waals surface area (Å²) in [6, 6.07) is 3.51. The molecule has 1 aromatic rings. The van der Waals surface area contributed by atoms with E-state index in [0.29, 0.717) is 17.8 Å². The molecule has 20 heavy (non-hydrogen) atoms. The number of aliphatic hydroxyl groups excluding tert-OH is 1. The highest BCUT2D eigenvalue weighted by Crippen LogP contribution is 2.20. The molecule has 2 N–H and O–H groups in total. The van der Waals surface area contributed by atoms with Gasteiger partial charge in [0.15, 0.2) is 4.67 Å². The SMILES string of the molecule is CN(Cc1ccc(Br)o1)C(=O)NCCCC(C)(C)CO. The molecule has 1 rings (SSSR count). The van der Waals surface area contributed by atoms with E-state index in [-0.39, 0.29) is 18.1 Å². The first-order valence-electron chi connectivity index (χ1n) is 6.68. The monoisotopic (exact) mass is 346 g/mol. The molecule has 0 unspecified atom stereocenters. The van der Waals surface area contributed by atoms with E-state index in [2.05, 4.69) is 21.2 Å². The summed E-state index contributed by atoms with van der Waals surface area (Å²) in [4.78, 5) is 13.4. The van der Waals surface area contributed by atoms with E-state index in [1.165, 1.54) is 0 Å². The highest BCUT2D eigenvalue weighted by atomic mass is 79.9. The molecule has 0 aliphatic rings. The van der Waals surface area contributed by atoms with Crippen molar-refractivity contribution in [2.45, 2.75) is 33.2 Å². The summed E-state index contributed by atoms with van der Waals surface area (Å²) in [5, 5.41) is 12.0. The van der Waals surface area contributed by atoms with Crippen LogP contribution in [-0.4, -0.2) is 36.2 Å². The molecule has 1 heterocycles. The summed E-state index contributed by atoms with van der Waals surface area (Å²) in [7, 11) is 1.73. The number of rotatable bonds is 7. The lowest BCUT2D eigenvalue weighted by Gasteiger charge is -2.22. The molecule has 0 fully saturated rings. The number of carbonyl (C=O) groups is 1. The molecule has 6 heteroatoms. The second-order valence-corrected chi connectivity index (χ2v) is 6.50. The van der Waals surface area contributed by atoms with Gasteiger partial charge in [0.25, 0.3) is 0 Å². The first-order valence-corrected chi connectivity index (χ1v) is 7.47. The van der Waals surface area contributed by atoms with Gasteiger partial charge in [-0.05, 0) is 46.3 Å². The van der Waals surface area contributed by atoms with Gasteiger partial charge in [-0.25, -0.2) is 4.79 Å². The fraction of sp³-hybridized carbons (Fsp3) is 0.643. The maximum Gasteiger partial charge on any atom is 0.317 e. The zero-order valence-electron chi connectivity index (χ0n) is 12.3. The molecule has 2 amide bonds. The Hall–Kier alpha value is -1.01. The predicted molar refractivity (Wildman–Crippen MR) is 81.4 cm³/mol. The van der Waals surface area contributed by atoms with Crippen LogP contribution in [0, 0.1) is 5.41 Å². The molecule has 0 aromatic carbocycles. The Bertz CT molecular complexity index is 432. The van der Waals surface area contributed by atoms with Crippen LogP contribution in [0.25, 0.3) is 0 Å². The van der Waals surface area contributed by atoms with Crippen molar-refractivity contribution >= 4 is 22.0 Å². The predicted octanol–water partition coefficient (Wildman–Crippen LogP) is 2.98. The molecule has 0 atom stereocenters. The largest absolute Gasteiger partial charge is 0.452 e. The van der Waals surface area contributed by atoms with Crippen LogP contribution in [0.15, 0.2) is 21.2 Å². The van der Waals surface area contributed by atoms with Crippen LogP contribution in [0.2, 0.25) is 0 Å². The fourth-order valence-corrected chi connectivity index (χ4v) is 2.06. The summed E-state index contributed by atoms with van der Waals surface area (Å²) in [6.45, 7) is 5.22. The van der Waals surface area contributed by atoms with Crippen LogP contribution in [0.5, 0.6) is 0 Å². The van der Waals surface area contributed by atoms with Gasteiger partial charge < -0.3 is 19.7 Å². The molecule has 0 aliphatic heterocycles. The van der Waals surface area contributed by atoms with E-state index in [0.717, 1.165) is 18.6 Å². The first-order chi connectivity index (χ1) is 9.34. The quantitative estimate of drug-likeness (QED) is 0.746. The van der Waals surface area contributed by atoms with E-state index in [4.69, 9.17) is 9.52 Å². The van der Waals surface area contributed by atoms with E-state index < -0.39 is 0 Å². The van der Waals surface area contributed by atoms with Crippen LogP contribution in [-0.2, 0) is 6.54 Å². The Morgan fingerprint density at radius 1 is 1.50 bits per heavy atom. The summed E-state index contributed by atoms with van der Waals surface area (Å²) in [6.07, 6.45) is 1.72. The second-order valence-electron chi connectivity index (χ2n) is 5.72. The number of hydrogen-bond acceptors (Lipinski definition) is 3. The van der Waals surface area contributed by atoms with Gasteiger partial charge in [0.1, 0.15) is 5.76 Å². The van der Waals surface area contributed by atoms with E-state index >= 15 is 0 Å². The minimum Gasteiger partial charge on any atom is -0.452 e. The summed E-state index contributed by atoms with van der Waals surface area (Å²) >= 11 is 3.23. The van der Waals surface area contributed by atoms with E-state index in [1.54, 1.807) is 18.0 Å².